The van der Waals surface area contributed by atoms with Crippen LogP contribution >= 0.6 is 0 Å². The third-order valence-electron chi connectivity index (χ3n) is 4.48. The van der Waals surface area contributed by atoms with Crippen LogP contribution in [0.5, 0.6) is 0 Å². The van der Waals surface area contributed by atoms with Gasteiger partial charge in [0.2, 0.25) is 5.95 Å². The molecular formula is C22H27N5. The molecule has 27 heavy (non-hydrogen) atoms. The van der Waals surface area contributed by atoms with E-state index in [0.717, 1.165) is 35.3 Å². The quantitative estimate of drug-likeness (QED) is 0.441. The van der Waals surface area contributed by atoms with Crippen molar-refractivity contribution in [2.45, 2.75) is 39.5 Å². The fraction of sp³-hybridized carbons (Fsp3) is 0.318. The lowest BCUT2D eigenvalue weighted by molar-refractivity contribution is 0.731. The Labute approximate surface area is 161 Å². The van der Waals surface area contributed by atoms with E-state index in [4.69, 9.17) is 4.98 Å². The second kappa shape index (κ2) is 8.62. The van der Waals surface area contributed by atoms with Crippen LogP contribution in [0.15, 0.2) is 55.0 Å². The van der Waals surface area contributed by atoms with Gasteiger partial charge in [-0.2, -0.15) is 5.10 Å². The van der Waals surface area contributed by atoms with Crippen LogP contribution in [-0.2, 0) is 13.5 Å². The summed E-state index contributed by atoms with van der Waals surface area (Å²) in [6.45, 7) is 8.10. The predicted octanol–water partition coefficient (Wildman–Crippen LogP) is 5.22. The molecule has 0 radical (unpaired) electrons. The van der Waals surface area contributed by atoms with Crippen LogP contribution in [0.3, 0.4) is 0 Å². The molecule has 140 valence electrons. The molecule has 5 nitrogen and oxygen atoms in total. The Kier molecular flexibility index (Phi) is 6.01. The largest absolute Gasteiger partial charge is 0.321 e. The zero-order valence-electron chi connectivity index (χ0n) is 16.4. The van der Waals surface area contributed by atoms with Crippen molar-refractivity contribution >= 4 is 11.6 Å². The predicted molar refractivity (Wildman–Crippen MR) is 111 cm³/mol. The van der Waals surface area contributed by atoms with Gasteiger partial charge < -0.3 is 5.32 Å². The number of aromatic nitrogens is 4. The Balaban J connectivity index is 1.69. The van der Waals surface area contributed by atoms with E-state index >= 15 is 0 Å². The first-order chi connectivity index (χ1) is 13.0. The van der Waals surface area contributed by atoms with Crippen LogP contribution < -0.4 is 5.32 Å². The van der Waals surface area contributed by atoms with E-state index in [-0.39, 0.29) is 0 Å². The molecule has 0 unspecified atom stereocenters. The minimum absolute atomic E-state index is 0.576. The molecule has 0 bridgehead atoms. The number of unbranched alkanes of at least 4 members (excludes halogenated alkanes) is 1. The Bertz CT molecular complexity index is 909. The van der Waals surface area contributed by atoms with Crippen LogP contribution in [0.1, 0.15) is 37.3 Å². The van der Waals surface area contributed by atoms with E-state index in [2.05, 4.69) is 53.2 Å². The van der Waals surface area contributed by atoms with E-state index in [1.54, 1.807) is 10.9 Å². The van der Waals surface area contributed by atoms with Crippen LogP contribution in [0.2, 0.25) is 0 Å². The van der Waals surface area contributed by atoms with Gasteiger partial charge in [0.1, 0.15) is 0 Å². The summed E-state index contributed by atoms with van der Waals surface area (Å²) >= 11 is 0. The second-order valence-corrected chi connectivity index (χ2v) is 7.11. The van der Waals surface area contributed by atoms with Gasteiger partial charge in [-0.05, 0) is 50.7 Å². The average molecular weight is 361 g/mol. The number of hydrogen-bond donors (Lipinski definition) is 1. The fourth-order valence-electron chi connectivity index (χ4n) is 2.99. The van der Waals surface area contributed by atoms with E-state index in [1.807, 2.05) is 26.4 Å². The summed E-state index contributed by atoms with van der Waals surface area (Å²) in [6, 6.07) is 8.70. The number of nitrogens with zero attached hydrogens (tertiary/aromatic N) is 4. The minimum atomic E-state index is 0.576. The van der Waals surface area contributed by atoms with E-state index in [0.29, 0.717) is 5.95 Å². The zero-order valence-corrected chi connectivity index (χ0v) is 16.4. The van der Waals surface area contributed by atoms with Gasteiger partial charge in [0.15, 0.2) is 0 Å². The molecule has 2 heterocycles. The molecule has 1 aromatic carbocycles. The van der Waals surface area contributed by atoms with E-state index in [1.165, 1.54) is 24.0 Å². The first-order valence-corrected chi connectivity index (χ1v) is 9.34. The first kappa shape index (κ1) is 18.8. The Morgan fingerprint density at radius 1 is 1.15 bits per heavy atom. The summed E-state index contributed by atoms with van der Waals surface area (Å²) in [5.41, 5.74) is 6.61. The van der Waals surface area contributed by atoms with Crippen LogP contribution in [0, 0.1) is 6.92 Å². The van der Waals surface area contributed by atoms with Gasteiger partial charge in [0.05, 0.1) is 17.6 Å². The summed E-state index contributed by atoms with van der Waals surface area (Å²) in [6.07, 6.45) is 10.1. The highest BCUT2D eigenvalue weighted by Gasteiger charge is 2.08. The minimum Gasteiger partial charge on any atom is -0.321 e. The second-order valence-electron chi connectivity index (χ2n) is 7.11. The number of benzene rings is 1. The fourth-order valence-corrected chi connectivity index (χ4v) is 2.99. The highest BCUT2D eigenvalue weighted by Crippen LogP contribution is 2.24. The molecule has 5 heteroatoms. The maximum Gasteiger partial charge on any atom is 0.227 e. The summed E-state index contributed by atoms with van der Waals surface area (Å²) in [5.74, 6) is 0.576. The highest BCUT2D eigenvalue weighted by molar-refractivity contribution is 5.65. The molecule has 3 rings (SSSR count). The molecule has 2 aromatic heterocycles. The van der Waals surface area contributed by atoms with Crippen molar-refractivity contribution in [3.8, 4) is 11.3 Å². The molecule has 0 amide bonds. The van der Waals surface area contributed by atoms with Crippen molar-refractivity contribution in [3.63, 3.8) is 0 Å². The molecule has 0 aliphatic heterocycles. The van der Waals surface area contributed by atoms with Crippen molar-refractivity contribution in [1.29, 1.82) is 0 Å². The number of nitrogens with one attached hydrogen (secondary N) is 1. The normalized spacial score (nSPS) is 10.8. The zero-order chi connectivity index (χ0) is 19.2. The van der Waals surface area contributed by atoms with Gasteiger partial charge in [-0.15, -0.1) is 6.58 Å². The van der Waals surface area contributed by atoms with Crippen molar-refractivity contribution in [2.24, 2.45) is 7.05 Å². The van der Waals surface area contributed by atoms with E-state index in [9.17, 15) is 0 Å². The van der Waals surface area contributed by atoms with Crippen LogP contribution in [0.25, 0.3) is 11.3 Å². The van der Waals surface area contributed by atoms with Gasteiger partial charge in [-0.1, -0.05) is 29.8 Å². The molecule has 3 aromatic rings. The van der Waals surface area contributed by atoms with Crippen molar-refractivity contribution in [2.75, 3.05) is 5.32 Å². The summed E-state index contributed by atoms with van der Waals surface area (Å²) in [7, 11) is 1.88. The first-order valence-electron chi connectivity index (χ1n) is 9.34. The summed E-state index contributed by atoms with van der Waals surface area (Å²) in [5, 5.41) is 7.36. The Morgan fingerprint density at radius 3 is 2.59 bits per heavy atom. The number of allylic oxidation sites excluding steroid dienone is 1. The number of rotatable bonds is 8. The molecule has 0 saturated heterocycles. The highest BCUT2D eigenvalue weighted by atomic mass is 15.3. The van der Waals surface area contributed by atoms with Crippen molar-refractivity contribution in [3.05, 3.63) is 66.1 Å². The lowest BCUT2D eigenvalue weighted by Gasteiger charge is -2.09. The maximum absolute atomic E-state index is 4.70. The SMILES string of the molecule is C=C(C)CCCCc1ccc(-c2nc(Nc3cnn(C)c3)ncc2C)cc1. The van der Waals surface area contributed by atoms with Gasteiger partial charge in [0, 0.05) is 25.0 Å². The number of hydrogen-bond acceptors (Lipinski definition) is 4. The summed E-state index contributed by atoms with van der Waals surface area (Å²) in [4.78, 5) is 9.09. The van der Waals surface area contributed by atoms with Gasteiger partial charge in [0.25, 0.3) is 0 Å². The van der Waals surface area contributed by atoms with Gasteiger partial charge >= 0.3 is 0 Å². The number of anilines is 2. The lowest BCUT2D eigenvalue weighted by atomic mass is 10.0. The van der Waals surface area contributed by atoms with Crippen molar-refractivity contribution in [1.82, 2.24) is 19.7 Å². The van der Waals surface area contributed by atoms with Gasteiger partial charge in [-0.3, -0.25) is 4.68 Å². The monoisotopic (exact) mass is 361 g/mol. The average Bonchev–Trinajstić information content (AvgIpc) is 3.05. The van der Waals surface area contributed by atoms with Crippen molar-refractivity contribution < 1.29 is 0 Å². The summed E-state index contributed by atoms with van der Waals surface area (Å²) < 4.78 is 1.74. The van der Waals surface area contributed by atoms with Crippen LogP contribution in [-0.4, -0.2) is 19.7 Å². The number of aryl methyl sites for hydroxylation is 3. The maximum atomic E-state index is 4.70. The molecule has 0 aliphatic rings. The van der Waals surface area contributed by atoms with E-state index < -0.39 is 0 Å². The molecule has 0 spiro atoms. The molecule has 0 aliphatic carbocycles. The topological polar surface area (TPSA) is 55.6 Å². The molecule has 0 saturated carbocycles. The molecule has 0 atom stereocenters. The molecule has 0 fully saturated rings. The third-order valence-corrected chi connectivity index (χ3v) is 4.48. The smallest absolute Gasteiger partial charge is 0.227 e. The lowest BCUT2D eigenvalue weighted by Crippen LogP contribution is -1.99. The Hall–Kier alpha value is -2.95. The Morgan fingerprint density at radius 2 is 1.93 bits per heavy atom. The third kappa shape index (κ3) is 5.26. The van der Waals surface area contributed by atoms with Gasteiger partial charge in [-0.25, -0.2) is 9.97 Å². The molecule has 1 N–H and O–H groups in total. The standard InChI is InChI=1S/C22H27N5/c1-16(2)7-5-6-8-18-9-11-19(12-10-18)21-17(3)13-23-22(26-21)25-20-14-24-27(4)15-20/h9-15H,1,5-8H2,2-4H3,(H,23,25,26). The van der Waals surface area contributed by atoms with Crippen LogP contribution in [0.4, 0.5) is 11.6 Å². The molecular weight excluding hydrogens is 334 g/mol.